The van der Waals surface area contributed by atoms with Gasteiger partial charge in [0.25, 0.3) is 5.91 Å². The van der Waals surface area contributed by atoms with Crippen molar-refractivity contribution in [1.29, 1.82) is 0 Å². The predicted molar refractivity (Wildman–Crippen MR) is 89.0 cm³/mol. The highest BCUT2D eigenvalue weighted by Gasteiger charge is 2.12. The average Bonchev–Trinajstić information content (AvgIpc) is 3.19. The highest BCUT2D eigenvalue weighted by Crippen LogP contribution is 2.14. The number of carbonyl (C=O) groups is 1. The fourth-order valence-electron chi connectivity index (χ4n) is 1.98. The topological polar surface area (TPSA) is 86.7 Å². The molecule has 0 radical (unpaired) electrons. The Balaban J connectivity index is 1.91. The van der Waals surface area contributed by atoms with Crippen LogP contribution in [0, 0.1) is 11.7 Å². The van der Waals surface area contributed by atoms with Crippen LogP contribution in [0.5, 0.6) is 0 Å². The van der Waals surface area contributed by atoms with Crippen LogP contribution in [0.2, 0.25) is 0 Å². The Morgan fingerprint density at radius 3 is 2.65 bits per heavy atom. The van der Waals surface area contributed by atoms with Gasteiger partial charge in [0, 0.05) is 11.6 Å². The van der Waals surface area contributed by atoms with Gasteiger partial charge in [-0.3, -0.25) is 15.0 Å². The molecule has 0 atom stereocenters. The second-order valence-electron chi connectivity index (χ2n) is 4.91. The van der Waals surface area contributed by atoms with E-state index in [9.17, 15) is 4.79 Å². The summed E-state index contributed by atoms with van der Waals surface area (Å²) in [6.07, 6.45) is 3.23. The molecule has 3 aromatic rings. The van der Waals surface area contributed by atoms with Crippen LogP contribution in [0.1, 0.15) is 27.5 Å². The normalized spacial score (nSPS) is 11.4. The third-order valence-electron chi connectivity index (χ3n) is 3.15. The second-order valence-corrected chi connectivity index (χ2v) is 5.30. The van der Waals surface area contributed by atoms with E-state index in [-0.39, 0.29) is 5.91 Å². The molecule has 0 saturated heterocycles. The van der Waals surface area contributed by atoms with Crippen molar-refractivity contribution in [3.05, 3.63) is 70.1 Å². The van der Waals surface area contributed by atoms with Crippen LogP contribution in [0.15, 0.2) is 47.1 Å². The van der Waals surface area contributed by atoms with E-state index in [0.717, 1.165) is 5.56 Å². The van der Waals surface area contributed by atoms with Gasteiger partial charge >= 0.3 is 0 Å². The number of H-pyrrole nitrogens is 2. The maximum Gasteiger partial charge on any atom is 0.255 e. The lowest BCUT2D eigenvalue weighted by Gasteiger charge is -2.07. The molecule has 0 spiro atoms. The predicted octanol–water partition coefficient (Wildman–Crippen LogP) is 3.30. The van der Waals surface area contributed by atoms with Gasteiger partial charge in [-0.1, -0.05) is 17.7 Å². The smallest absolute Gasteiger partial charge is 0.255 e. The molecule has 1 amide bonds. The number of carbonyl (C=O) groups excluding carboxylic acids is 1. The summed E-state index contributed by atoms with van der Waals surface area (Å²) < 4.78 is 5.59. The van der Waals surface area contributed by atoms with Crippen LogP contribution >= 0.6 is 12.2 Å². The molecule has 0 aliphatic heterocycles. The van der Waals surface area contributed by atoms with Crippen LogP contribution in [0.4, 0.5) is 0 Å². The molecular formula is C16H14N4O2S. The van der Waals surface area contributed by atoms with Gasteiger partial charge in [-0.15, -0.1) is 0 Å². The van der Waals surface area contributed by atoms with Gasteiger partial charge in [0.2, 0.25) is 4.77 Å². The van der Waals surface area contributed by atoms with Crippen molar-refractivity contribution in [2.45, 2.75) is 6.92 Å². The van der Waals surface area contributed by atoms with Crippen LogP contribution in [0.3, 0.4) is 0 Å². The maximum absolute atomic E-state index is 12.4. The van der Waals surface area contributed by atoms with Crippen molar-refractivity contribution < 1.29 is 9.21 Å². The fraction of sp³-hybridized carbons (Fsp3) is 0.0625. The van der Waals surface area contributed by atoms with Crippen molar-refractivity contribution in [3.8, 4) is 0 Å². The summed E-state index contributed by atoms with van der Waals surface area (Å²) in [5.41, 5.74) is 2.09. The maximum atomic E-state index is 12.4. The molecular weight excluding hydrogens is 312 g/mol. The number of benzene rings is 1. The third kappa shape index (κ3) is 3.64. The van der Waals surface area contributed by atoms with E-state index in [2.05, 4.69) is 20.5 Å². The van der Waals surface area contributed by atoms with Crippen molar-refractivity contribution >= 4 is 29.9 Å². The molecule has 7 heteroatoms. The molecule has 0 bridgehead atoms. The number of nitrogens with one attached hydrogen (secondary N) is 3. The lowest BCUT2D eigenvalue weighted by Crippen LogP contribution is -2.22. The number of aromatic amines is 2. The third-order valence-corrected chi connectivity index (χ3v) is 3.34. The quantitative estimate of drug-likeness (QED) is 0.642. The minimum Gasteiger partial charge on any atom is -0.465 e. The highest BCUT2D eigenvalue weighted by atomic mass is 32.1. The van der Waals surface area contributed by atoms with E-state index in [1.54, 1.807) is 36.6 Å². The first-order valence-electron chi connectivity index (χ1n) is 6.90. The highest BCUT2D eigenvalue weighted by molar-refractivity contribution is 7.71. The summed E-state index contributed by atoms with van der Waals surface area (Å²) >= 11 is 4.96. The van der Waals surface area contributed by atoms with E-state index in [0.29, 0.717) is 27.6 Å². The Labute approximate surface area is 137 Å². The van der Waals surface area contributed by atoms with Crippen molar-refractivity contribution in [2.75, 3.05) is 0 Å². The first kappa shape index (κ1) is 15.0. The minimum atomic E-state index is -0.245. The first-order chi connectivity index (χ1) is 11.1. The molecule has 116 valence electrons. The van der Waals surface area contributed by atoms with Gasteiger partial charge in [0.1, 0.15) is 5.76 Å². The number of nitrogens with zero attached hydrogens (tertiary/aromatic N) is 1. The lowest BCUT2D eigenvalue weighted by atomic mass is 10.1. The Bertz CT molecular complexity index is 889. The Hall–Kier alpha value is -2.93. The number of aryl methyl sites for hydroxylation is 1. The first-order valence-corrected chi connectivity index (χ1v) is 7.31. The summed E-state index contributed by atoms with van der Waals surface area (Å²) in [5.74, 6) is 0.767. The van der Waals surface area contributed by atoms with Crippen molar-refractivity contribution in [2.24, 2.45) is 0 Å². The summed E-state index contributed by atoms with van der Waals surface area (Å²) in [6.45, 7) is 1.97. The van der Waals surface area contributed by atoms with Crippen LogP contribution in [-0.2, 0) is 0 Å². The number of furan rings is 1. The Kier molecular flexibility index (Phi) is 4.20. The zero-order chi connectivity index (χ0) is 16.2. The average molecular weight is 326 g/mol. The molecule has 0 unspecified atom stereocenters. The lowest BCUT2D eigenvalue weighted by molar-refractivity contribution is 0.0973. The standard InChI is InChI=1S/C16H14N4O2S/c1-10-4-6-11(7-5-10)15(21)17-13(9-12-3-2-8-22-12)14-18-16(23)20-19-14/h2-9H,1H3,(H,17,21)(H2,18,19,20,23)/b13-9+. The van der Waals surface area contributed by atoms with E-state index in [1.165, 1.54) is 0 Å². The van der Waals surface area contributed by atoms with E-state index < -0.39 is 0 Å². The Morgan fingerprint density at radius 1 is 1.26 bits per heavy atom. The molecule has 0 aliphatic rings. The van der Waals surface area contributed by atoms with E-state index in [4.69, 9.17) is 16.6 Å². The molecule has 0 saturated carbocycles. The fourth-order valence-corrected chi connectivity index (χ4v) is 2.12. The van der Waals surface area contributed by atoms with Crippen molar-refractivity contribution in [1.82, 2.24) is 20.5 Å². The Morgan fingerprint density at radius 2 is 2.04 bits per heavy atom. The van der Waals surface area contributed by atoms with Crippen LogP contribution in [0.25, 0.3) is 11.8 Å². The number of hydrogen-bond donors (Lipinski definition) is 3. The summed E-state index contributed by atoms with van der Waals surface area (Å²) in [6, 6.07) is 10.8. The number of rotatable bonds is 4. The summed E-state index contributed by atoms with van der Waals surface area (Å²) in [4.78, 5) is 16.5. The van der Waals surface area contributed by atoms with Crippen LogP contribution in [-0.4, -0.2) is 21.1 Å². The van der Waals surface area contributed by atoms with Crippen molar-refractivity contribution in [3.63, 3.8) is 0 Å². The molecule has 0 fully saturated rings. The number of hydrogen-bond acceptors (Lipinski definition) is 4. The van der Waals surface area contributed by atoms with E-state index >= 15 is 0 Å². The van der Waals surface area contributed by atoms with E-state index in [1.807, 2.05) is 19.1 Å². The second kappa shape index (κ2) is 6.45. The van der Waals surface area contributed by atoms with Gasteiger partial charge < -0.3 is 9.73 Å². The zero-order valence-electron chi connectivity index (χ0n) is 12.3. The van der Waals surface area contributed by atoms with Gasteiger partial charge in [-0.2, -0.15) is 4.98 Å². The minimum absolute atomic E-state index is 0.245. The molecule has 23 heavy (non-hydrogen) atoms. The van der Waals surface area contributed by atoms with Gasteiger partial charge in [0.15, 0.2) is 5.82 Å². The number of amides is 1. The summed E-state index contributed by atoms with van der Waals surface area (Å²) in [7, 11) is 0. The zero-order valence-corrected chi connectivity index (χ0v) is 13.1. The number of aromatic nitrogens is 3. The molecule has 0 aliphatic carbocycles. The van der Waals surface area contributed by atoms with Gasteiger partial charge in [0.05, 0.1) is 12.0 Å². The SMILES string of the molecule is Cc1ccc(C(=O)N/C(=C/c2ccco2)c2nc(=S)[nH][nH]2)cc1. The largest absolute Gasteiger partial charge is 0.465 e. The summed E-state index contributed by atoms with van der Waals surface area (Å²) in [5, 5.41) is 8.35. The van der Waals surface area contributed by atoms with Gasteiger partial charge in [-0.25, -0.2) is 0 Å². The molecule has 6 nitrogen and oxygen atoms in total. The van der Waals surface area contributed by atoms with Gasteiger partial charge in [-0.05, 0) is 43.4 Å². The van der Waals surface area contributed by atoms with Crippen LogP contribution < -0.4 is 5.32 Å². The molecule has 1 aromatic carbocycles. The molecule has 2 aromatic heterocycles. The molecule has 3 N–H and O–H groups in total. The monoisotopic (exact) mass is 326 g/mol. The molecule has 3 rings (SSSR count). The molecule has 2 heterocycles.